The average molecular weight is 243 g/mol. The molecule has 0 spiro atoms. The number of rotatable bonds is 2. The molecule has 0 radical (unpaired) electrons. The minimum Gasteiger partial charge on any atom is -0.290 e. The van der Waals surface area contributed by atoms with Gasteiger partial charge in [-0.15, -0.1) is 0 Å². The first kappa shape index (κ1) is 10.4. The molecule has 0 bridgehead atoms. The first-order chi connectivity index (χ1) is 6.07. The van der Waals surface area contributed by atoms with Crippen LogP contribution in [0.15, 0.2) is 21.7 Å². The third-order valence-electron chi connectivity index (χ3n) is 1.97. The van der Waals surface area contributed by atoms with Crippen molar-refractivity contribution in [2.75, 3.05) is 0 Å². The predicted octanol–water partition coefficient (Wildman–Crippen LogP) is 2.53. The van der Waals surface area contributed by atoms with Gasteiger partial charge in [-0.05, 0) is 35.4 Å². The Morgan fingerprint density at radius 1 is 1.38 bits per heavy atom. The fourth-order valence-corrected chi connectivity index (χ4v) is 1.96. The van der Waals surface area contributed by atoms with Crippen molar-refractivity contribution in [2.45, 2.75) is 26.7 Å². The van der Waals surface area contributed by atoms with E-state index in [2.05, 4.69) is 15.9 Å². The van der Waals surface area contributed by atoms with Gasteiger partial charge in [0.1, 0.15) is 0 Å². The van der Waals surface area contributed by atoms with Crippen molar-refractivity contribution in [3.05, 3.63) is 21.7 Å². The summed E-state index contributed by atoms with van der Waals surface area (Å²) in [5.41, 5.74) is 1.12. The molecule has 0 aromatic rings. The Labute approximate surface area is 85.8 Å². The highest BCUT2D eigenvalue weighted by Crippen LogP contribution is 2.26. The van der Waals surface area contributed by atoms with Crippen molar-refractivity contribution in [3.63, 3.8) is 0 Å². The van der Waals surface area contributed by atoms with Crippen molar-refractivity contribution in [1.29, 1.82) is 0 Å². The third kappa shape index (κ3) is 1.97. The van der Waals surface area contributed by atoms with Gasteiger partial charge < -0.3 is 0 Å². The van der Waals surface area contributed by atoms with E-state index >= 15 is 0 Å². The van der Waals surface area contributed by atoms with Gasteiger partial charge in [-0.3, -0.25) is 9.59 Å². The number of ketones is 2. The molecule has 0 aromatic heterocycles. The van der Waals surface area contributed by atoms with Crippen LogP contribution in [0, 0.1) is 0 Å². The summed E-state index contributed by atoms with van der Waals surface area (Å²) >= 11 is 3.17. The quantitative estimate of drug-likeness (QED) is 0.698. The fourth-order valence-electron chi connectivity index (χ4n) is 1.25. The molecule has 0 atom stereocenters. The van der Waals surface area contributed by atoms with Gasteiger partial charge in [-0.2, -0.15) is 0 Å². The number of hydrogen-bond donors (Lipinski definition) is 0. The summed E-state index contributed by atoms with van der Waals surface area (Å²) in [4.78, 5) is 22.9. The molecule has 0 amide bonds. The molecular formula is C10H11BrO2. The molecule has 0 unspecified atom stereocenters. The highest BCUT2D eigenvalue weighted by Gasteiger charge is 2.23. The van der Waals surface area contributed by atoms with E-state index in [0.29, 0.717) is 22.0 Å². The summed E-state index contributed by atoms with van der Waals surface area (Å²) in [5, 5.41) is 0. The summed E-state index contributed by atoms with van der Waals surface area (Å²) in [6, 6.07) is 0. The molecule has 1 rings (SSSR count). The van der Waals surface area contributed by atoms with Crippen molar-refractivity contribution < 1.29 is 9.59 Å². The Morgan fingerprint density at radius 3 is 2.54 bits per heavy atom. The molecule has 0 heterocycles. The predicted molar refractivity (Wildman–Crippen MR) is 54.6 cm³/mol. The summed E-state index contributed by atoms with van der Waals surface area (Å²) < 4.78 is 0.444. The second-order valence-electron chi connectivity index (χ2n) is 3.06. The van der Waals surface area contributed by atoms with E-state index in [1.165, 1.54) is 6.08 Å². The highest BCUT2D eigenvalue weighted by atomic mass is 79.9. The largest absolute Gasteiger partial charge is 0.290 e. The summed E-state index contributed by atoms with van der Waals surface area (Å²) in [6.45, 7) is 3.64. The molecular weight excluding hydrogens is 232 g/mol. The van der Waals surface area contributed by atoms with Crippen LogP contribution in [0.25, 0.3) is 0 Å². The molecule has 1 aliphatic rings. The van der Waals surface area contributed by atoms with Crippen LogP contribution in [0.1, 0.15) is 26.7 Å². The number of carbonyl (C=O) groups is 2. The Hall–Kier alpha value is -0.700. The van der Waals surface area contributed by atoms with Crippen molar-refractivity contribution in [3.8, 4) is 0 Å². The molecule has 0 aromatic carbocycles. The molecule has 0 aliphatic heterocycles. The zero-order valence-corrected chi connectivity index (χ0v) is 9.27. The van der Waals surface area contributed by atoms with E-state index in [-0.39, 0.29) is 11.6 Å². The maximum atomic E-state index is 11.4. The van der Waals surface area contributed by atoms with Gasteiger partial charge in [0.15, 0.2) is 11.6 Å². The molecule has 0 N–H and O–H groups in total. The van der Waals surface area contributed by atoms with Crippen molar-refractivity contribution >= 4 is 27.5 Å². The molecule has 0 saturated heterocycles. The van der Waals surface area contributed by atoms with Crippen LogP contribution >= 0.6 is 15.9 Å². The van der Waals surface area contributed by atoms with Crippen LogP contribution in [0.5, 0.6) is 0 Å². The molecule has 2 nitrogen and oxygen atoms in total. The zero-order valence-electron chi connectivity index (χ0n) is 7.69. The van der Waals surface area contributed by atoms with E-state index in [9.17, 15) is 9.59 Å². The molecule has 0 fully saturated rings. The standard InChI is InChI=1S/C10H11BrO2/c1-3-4-7-8(12)5-6(2)10(13)9(7)11/h5H,3-4H2,1-2H3. The topological polar surface area (TPSA) is 34.1 Å². The molecule has 1 aliphatic carbocycles. The Balaban J connectivity index is 3.06. The van der Waals surface area contributed by atoms with Gasteiger partial charge in [0.25, 0.3) is 0 Å². The lowest BCUT2D eigenvalue weighted by molar-refractivity contribution is -0.115. The third-order valence-corrected chi connectivity index (χ3v) is 2.81. The van der Waals surface area contributed by atoms with Gasteiger partial charge in [0.05, 0.1) is 4.48 Å². The van der Waals surface area contributed by atoms with E-state index in [4.69, 9.17) is 0 Å². The van der Waals surface area contributed by atoms with E-state index in [1.54, 1.807) is 6.92 Å². The lowest BCUT2D eigenvalue weighted by Gasteiger charge is -2.12. The van der Waals surface area contributed by atoms with Gasteiger partial charge in [0, 0.05) is 11.1 Å². The van der Waals surface area contributed by atoms with Crippen molar-refractivity contribution in [2.24, 2.45) is 0 Å². The Kier molecular flexibility index (Phi) is 3.20. The smallest absolute Gasteiger partial charge is 0.196 e. The lowest BCUT2D eigenvalue weighted by Crippen LogP contribution is -2.14. The van der Waals surface area contributed by atoms with E-state index in [0.717, 1.165) is 6.42 Å². The number of Topliss-reactive ketones (excluding diaryl/α,β-unsaturated/α-hetero) is 1. The number of allylic oxidation sites excluding steroid dienone is 4. The molecule has 70 valence electrons. The summed E-state index contributed by atoms with van der Waals surface area (Å²) in [6.07, 6.45) is 2.95. The SMILES string of the molecule is CCCC1=C(Br)C(=O)C(C)=CC1=O. The minimum atomic E-state index is -0.0666. The summed E-state index contributed by atoms with van der Waals surface area (Å²) in [5.74, 6) is -0.103. The number of hydrogen-bond acceptors (Lipinski definition) is 2. The van der Waals surface area contributed by atoms with Crippen LogP contribution in [0.3, 0.4) is 0 Å². The van der Waals surface area contributed by atoms with Gasteiger partial charge in [0.2, 0.25) is 0 Å². The Bertz CT molecular complexity index is 324. The van der Waals surface area contributed by atoms with Gasteiger partial charge >= 0.3 is 0 Å². The highest BCUT2D eigenvalue weighted by molar-refractivity contribution is 9.12. The average Bonchev–Trinajstić information content (AvgIpc) is 2.09. The zero-order chi connectivity index (χ0) is 10.0. The van der Waals surface area contributed by atoms with Crippen LogP contribution < -0.4 is 0 Å². The number of carbonyl (C=O) groups excluding carboxylic acids is 2. The van der Waals surface area contributed by atoms with Gasteiger partial charge in [-0.1, -0.05) is 13.3 Å². The normalized spacial score (nSPS) is 17.9. The second-order valence-corrected chi connectivity index (χ2v) is 3.86. The molecule has 0 saturated carbocycles. The molecule has 3 heteroatoms. The summed E-state index contributed by atoms with van der Waals surface area (Å²) in [7, 11) is 0. The first-order valence-electron chi connectivity index (χ1n) is 4.24. The van der Waals surface area contributed by atoms with Crippen molar-refractivity contribution in [1.82, 2.24) is 0 Å². The Morgan fingerprint density at radius 2 is 2.00 bits per heavy atom. The molecule has 13 heavy (non-hydrogen) atoms. The second kappa shape index (κ2) is 4.01. The van der Waals surface area contributed by atoms with Crippen LogP contribution in [-0.4, -0.2) is 11.6 Å². The van der Waals surface area contributed by atoms with E-state index in [1.807, 2.05) is 6.92 Å². The maximum absolute atomic E-state index is 11.4. The van der Waals surface area contributed by atoms with Crippen LogP contribution in [0.4, 0.5) is 0 Å². The van der Waals surface area contributed by atoms with E-state index < -0.39 is 0 Å². The fraction of sp³-hybridized carbons (Fsp3) is 0.400. The van der Waals surface area contributed by atoms with Crippen LogP contribution in [0.2, 0.25) is 0 Å². The number of halogens is 1. The van der Waals surface area contributed by atoms with Gasteiger partial charge in [-0.25, -0.2) is 0 Å². The monoisotopic (exact) mass is 242 g/mol. The first-order valence-corrected chi connectivity index (χ1v) is 5.03. The minimum absolute atomic E-state index is 0.0363. The van der Waals surface area contributed by atoms with Crippen LogP contribution in [-0.2, 0) is 9.59 Å². The lowest BCUT2D eigenvalue weighted by atomic mass is 9.95. The maximum Gasteiger partial charge on any atom is 0.196 e.